The molecule has 2 aromatic carbocycles. The zero-order valence-corrected chi connectivity index (χ0v) is 13.0. The Bertz CT molecular complexity index is 776. The molecule has 4 nitrogen and oxygen atoms in total. The smallest absolute Gasteiger partial charge is 0.264 e. The summed E-state index contributed by atoms with van der Waals surface area (Å²) < 4.78 is 10.9. The summed E-state index contributed by atoms with van der Waals surface area (Å²) in [6.45, 7) is 6.44. The van der Waals surface area contributed by atoms with Crippen molar-refractivity contribution < 1.29 is 9.26 Å². The minimum Gasteiger partial charge on any atom is -0.484 e. The molecule has 4 heteroatoms. The van der Waals surface area contributed by atoms with Gasteiger partial charge in [0.1, 0.15) is 5.75 Å². The van der Waals surface area contributed by atoms with Gasteiger partial charge >= 0.3 is 0 Å². The van der Waals surface area contributed by atoms with E-state index in [9.17, 15) is 0 Å². The van der Waals surface area contributed by atoms with Crippen molar-refractivity contribution in [3.05, 3.63) is 65.0 Å². The average Bonchev–Trinajstić information content (AvgIpc) is 2.98. The predicted molar refractivity (Wildman–Crippen MR) is 84.7 cm³/mol. The summed E-state index contributed by atoms with van der Waals surface area (Å²) in [6.07, 6.45) is 0. The fourth-order valence-corrected chi connectivity index (χ4v) is 2.08. The first-order valence-electron chi connectivity index (χ1n) is 7.21. The Morgan fingerprint density at radius 3 is 2.45 bits per heavy atom. The molecule has 0 aliphatic heterocycles. The average molecular weight is 294 g/mol. The molecule has 0 unspecified atom stereocenters. The Kier molecular flexibility index (Phi) is 3.92. The molecule has 0 bridgehead atoms. The molecule has 0 aliphatic rings. The van der Waals surface area contributed by atoms with Crippen LogP contribution in [-0.4, -0.2) is 10.1 Å². The van der Waals surface area contributed by atoms with Gasteiger partial charge in [0.2, 0.25) is 5.82 Å². The van der Waals surface area contributed by atoms with Crippen LogP contribution < -0.4 is 4.74 Å². The maximum Gasteiger partial charge on any atom is 0.264 e. The van der Waals surface area contributed by atoms with Gasteiger partial charge in [0, 0.05) is 5.56 Å². The molecular formula is C18H18N2O2. The normalized spacial score (nSPS) is 10.7. The molecule has 0 aliphatic carbocycles. The fraction of sp³-hybridized carbons (Fsp3) is 0.222. The number of benzene rings is 2. The van der Waals surface area contributed by atoms with Crippen molar-refractivity contribution in [2.75, 3.05) is 0 Å². The van der Waals surface area contributed by atoms with Gasteiger partial charge in [0.25, 0.3) is 5.89 Å². The summed E-state index contributed by atoms with van der Waals surface area (Å²) in [5, 5.41) is 3.99. The van der Waals surface area contributed by atoms with E-state index in [0.717, 1.165) is 11.3 Å². The number of hydrogen-bond acceptors (Lipinski definition) is 4. The Hall–Kier alpha value is -2.62. The second-order valence-corrected chi connectivity index (χ2v) is 5.41. The highest BCUT2D eigenvalue weighted by atomic mass is 16.5. The minimum atomic E-state index is 0.265. The lowest BCUT2D eigenvalue weighted by atomic mass is 10.1. The molecule has 0 amide bonds. The molecule has 3 aromatic rings. The van der Waals surface area contributed by atoms with Crippen LogP contribution in [0.4, 0.5) is 0 Å². The summed E-state index contributed by atoms with van der Waals surface area (Å²) in [6, 6.07) is 14.0. The SMILES string of the molecule is Cc1ccc(-c2noc(COc3ccc(C)c(C)c3)n2)cc1. The standard InChI is InChI=1S/C18H18N2O2/c1-12-4-7-15(8-5-12)18-19-17(22-20-18)11-21-16-9-6-13(2)14(3)10-16/h4-10H,11H2,1-3H3. The number of nitrogens with zero attached hydrogens (tertiary/aromatic N) is 2. The van der Waals surface area contributed by atoms with E-state index >= 15 is 0 Å². The second kappa shape index (κ2) is 6.02. The Morgan fingerprint density at radius 1 is 0.955 bits per heavy atom. The first-order valence-corrected chi connectivity index (χ1v) is 7.21. The highest BCUT2D eigenvalue weighted by Gasteiger charge is 2.09. The summed E-state index contributed by atoms with van der Waals surface area (Å²) in [5.74, 6) is 1.85. The topological polar surface area (TPSA) is 48.2 Å². The van der Waals surface area contributed by atoms with E-state index < -0.39 is 0 Å². The summed E-state index contributed by atoms with van der Waals surface area (Å²) in [5.41, 5.74) is 4.58. The van der Waals surface area contributed by atoms with Crippen LogP contribution in [0.25, 0.3) is 11.4 Å². The Balaban J connectivity index is 1.69. The van der Waals surface area contributed by atoms with Crippen LogP contribution in [0.1, 0.15) is 22.6 Å². The highest BCUT2D eigenvalue weighted by molar-refractivity contribution is 5.54. The van der Waals surface area contributed by atoms with Gasteiger partial charge in [-0.3, -0.25) is 0 Å². The molecule has 0 N–H and O–H groups in total. The van der Waals surface area contributed by atoms with E-state index in [0.29, 0.717) is 11.7 Å². The third-order valence-corrected chi connectivity index (χ3v) is 3.62. The maximum atomic E-state index is 5.70. The van der Waals surface area contributed by atoms with Crippen molar-refractivity contribution >= 4 is 0 Å². The first kappa shape index (κ1) is 14.3. The third-order valence-electron chi connectivity index (χ3n) is 3.62. The summed E-state index contributed by atoms with van der Waals surface area (Å²) >= 11 is 0. The van der Waals surface area contributed by atoms with Crippen molar-refractivity contribution in [3.63, 3.8) is 0 Å². The van der Waals surface area contributed by atoms with E-state index in [-0.39, 0.29) is 6.61 Å². The quantitative estimate of drug-likeness (QED) is 0.722. The van der Waals surface area contributed by atoms with E-state index in [1.807, 2.05) is 49.4 Å². The van der Waals surface area contributed by atoms with Crippen LogP contribution in [0, 0.1) is 20.8 Å². The largest absolute Gasteiger partial charge is 0.484 e. The van der Waals surface area contributed by atoms with Crippen LogP contribution in [0.3, 0.4) is 0 Å². The van der Waals surface area contributed by atoms with Gasteiger partial charge in [-0.2, -0.15) is 4.98 Å². The summed E-state index contributed by atoms with van der Waals surface area (Å²) in [4.78, 5) is 4.36. The zero-order valence-electron chi connectivity index (χ0n) is 13.0. The number of hydrogen-bond donors (Lipinski definition) is 0. The zero-order chi connectivity index (χ0) is 15.5. The third kappa shape index (κ3) is 3.17. The molecule has 0 atom stereocenters. The number of aryl methyl sites for hydroxylation is 3. The van der Waals surface area contributed by atoms with Crippen LogP contribution >= 0.6 is 0 Å². The Morgan fingerprint density at radius 2 is 1.73 bits per heavy atom. The molecule has 0 saturated carbocycles. The Labute approximate surface area is 129 Å². The van der Waals surface area contributed by atoms with E-state index in [1.165, 1.54) is 16.7 Å². The van der Waals surface area contributed by atoms with Crippen LogP contribution in [0.2, 0.25) is 0 Å². The van der Waals surface area contributed by atoms with Crippen LogP contribution in [-0.2, 0) is 6.61 Å². The molecule has 0 spiro atoms. The van der Waals surface area contributed by atoms with Gasteiger partial charge in [-0.05, 0) is 44.0 Å². The van der Waals surface area contributed by atoms with Gasteiger partial charge in [0.15, 0.2) is 6.61 Å². The predicted octanol–water partition coefficient (Wildman–Crippen LogP) is 4.24. The molecular weight excluding hydrogens is 276 g/mol. The van der Waals surface area contributed by atoms with Crippen molar-refractivity contribution in [1.29, 1.82) is 0 Å². The van der Waals surface area contributed by atoms with E-state index in [1.54, 1.807) is 0 Å². The summed E-state index contributed by atoms with van der Waals surface area (Å²) in [7, 11) is 0. The number of aromatic nitrogens is 2. The molecule has 22 heavy (non-hydrogen) atoms. The lowest BCUT2D eigenvalue weighted by molar-refractivity contribution is 0.243. The molecule has 0 radical (unpaired) electrons. The lowest BCUT2D eigenvalue weighted by Crippen LogP contribution is -1.96. The number of ether oxygens (including phenoxy) is 1. The molecule has 112 valence electrons. The van der Waals surface area contributed by atoms with Crippen LogP contribution in [0.5, 0.6) is 5.75 Å². The monoisotopic (exact) mass is 294 g/mol. The van der Waals surface area contributed by atoms with Crippen molar-refractivity contribution in [1.82, 2.24) is 10.1 Å². The molecule has 1 heterocycles. The van der Waals surface area contributed by atoms with E-state index in [4.69, 9.17) is 9.26 Å². The van der Waals surface area contributed by atoms with Crippen LogP contribution in [0.15, 0.2) is 47.0 Å². The molecule has 3 rings (SSSR count). The second-order valence-electron chi connectivity index (χ2n) is 5.41. The fourth-order valence-electron chi connectivity index (χ4n) is 2.08. The lowest BCUT2D eigenvalue weighted by Gasteiger charge is -2.05. The van der Waals surface area contributed by atoms with Crippen molar-refractivity contribution in [3.8, 4) is 17.1 Å². The van der Waals surface area contributed by atoms with Gasteiger partial charge in [-0.15, -0.1) is 0 Å². The van der Waals surface area contributed by atoms with Gasteiger partial charge in [-0.25, -0.2) is 0 Å². The van der Waals surface area contributed by atoms with Gasteiger partial charge < -0.3 is 9.26 Å². The number of rotatable bonds is 4. The molecule has 1 aromatic heterocycles. The van der Waals surface area contributed by atoms with Gasteiger partial charge in [-0.1, -0.05) is 41.1 Å². The maximum absolute atomic E-state index is 5.70. The highest BCUT2D eigenvalue weighted by Crippen LogP contribution is 2.19. The minimum absolute atomic E-state index is 0.265. The van der Waals surface area contributed by atoms with E-state index in [2.05, 4.69) is 24.0 Å². The van der Waals surface area contributed by atoms with Gasteiger partial charge in [0.05, 0.1) is 0 Å². The van der Waals surface area contributed by atoms with Crippen molar-refractivity contribution in [2.45, 2.75) is 27.4 Å². The molecule has 0 fully saturated rings. The van der Waals surface area contributed by atoms with Crippen molar-refractivity contribution in [2.24, 2.45) is 0 Å². The first-order chi connectivity index (χ1) is 10.6. The molecule has 0 saturated heterocycles.